The van der Waals surface area contributed by atoms with Crippen LogP contribution in [0.15, 0.2) is 45.1 Å². The Hall–Kier alpha value is -4.25. The Morgan fingerprint density at radius 1 is 1.20 bits per heavy atom. The number of aliphatic carboxylic acids is 1. The molecular weight excluding hydrogens is 615 g/mol. The van der Waals surface area contributed by atoms with E-state index in [1.165, 1.54) is 24.9 Å². The molecule has 1 amide bonds. The van der Waals surface area contributed by atoms with Gasteiger partial charge in [0, 0.05) is 42.0 Å². The van der Waals surface area contributed by atoms with Crippen LogP contribution in [0.3, 0.4) is 0 Å². The van der Waals surface area contributed by atoms with Gasteiger partial charge in [0.05, 0.1) is 30.7 Å². The van der Waals surface area contributed by atoms with Crippen molar-refractivity contribution in [2.75, 3.05) is 20.2 Å². The number of fused-ring (bicyclic) bond motifs is 1. The molecule has 1 aromatic carbocycles. The number of carboxylic acids is 1. The third-order valence-electron chi connectivity index (χ3n) is 7.51. The zero-order chi connectivity index (χ0) is 32.1. The largest absolute Gasteiger partial charge is 0.481 e. The number of carbonyl (C=O) groups excluding carboxylic acids is 2. The summed E-state index contributed by atoms with van der Waals surface area (Å²) in [5.74, 6) is -11.6. The van der Waals surface area contributed by atoms with E-state index in [9.17, 15) is 28.3 Å². The van der Waals surface area contributed by atoms with Gasteiger partial charge in [0.2, 0.25) is 5.91 Å². The number of hydrogen-bond acceptors (Lipinski definition) is 10. The van der Waals surface area contributed by atoms with E-state index in [4.69, 9.17) is 4.74 Å². The van der Waals surface area contributed by atoms with Crippen molar-refractivity contribution in [2.45, 2.75) is 44.3 Å². The lowest BCUT2D eigenvalue weighted by Crippen LogP contribution is -2.49. The summed E-state index contributed by atoms with van der Waals surface area (Å²) in [6.45, 7) is 1.23. The van der Waals surface area contributed by atoms with Crippen molar-refractivity contribution < 1.29 is 46.2 Å². The van der Waals surface area contributed by atoms with E-state index in [0.29, 0.717) is 11.1 Å². The van der Waals surface area contributed by atoms with Gasteiger partial charge in [-0.25, -0.2) is 36.7 Å². The molecule has 11 nitrogen and oxygen atoms in total. The van der Waals surface area contributed by atoms with Crippen LogP contribution >= 0.6 is 11.3 Å². The predicted molar refractivity (Wildman–Crippen MR) is 145 cm³/mol. The number of esters is 1. The quantitative estimate of drug-likeness (QED) is 0.255. The van der Waals surface area contributed by atoms with Crippen molar-refractivity contribution >= 4 is 41.2 Å². The highest BCUT2D eigenvalue weighted by molar-refractivity contribution is 7.11. The number of amides is 1. The molecule has 3 aliphatic heterocycles. The van der Waals surface area contributed by atoms with Gasteiger partial charge in [-0.1, -0.05) is 6.07 Å². The third kappa shape index (κ3) is 5.45. The number of aromatic nitrogens is 1. The maximum atomic E-state index is 15.5. The van der Waals surface area contributed by atoms with Gasteiger partial charge in [-0.05, 0) is 19.9 Å². The van der Waals surface area contributed by atoms with Gasteiger partial charge in [-0.2, -0.15) is 5.10 Å². The number of alkyl halides is 2. The van der Waals surface area contributed by atoms with Crippen molar-refractivity contribution in [3.63, 3.8) is 0 Å². The highest BCUT2D eigenvalue weighted by Crippen LogP contribution is 2.41. The average Bonchev–Trinajstić information content (AvgIpc) is 3.70. The number of benzene rings is 1. The molecule has 234 valence electrons. The van der Waals surface area contributed by atoms with E-state index < -0.39 is 89.8 Å². The number of rotatable bonds is 8. The van der Waals surface area contributed by atoms with Crippen molar-refractivity contribution in [1.82, 2.24) is 20.2 Å². The van der Waals surface area contributed by atoms with Crippen LogP contribution in [-0.2, 0) is 19.1 Å². The summed E-state index contributed by atoms with van der Waals surface area (Å²) in [4.78, 5) is 47.3. The lowest BCUT2D eigenvalue weighted by atomic mass is 9.89. The fraction of sp³-hybridized carbons (Fsp3) is 0.407. The molecule has 1 fully saturated rings. The number of thiazole rings is 1. The summed E-state index contributed by atoms with van der Waals surface area (Å²) in [7, 11) is 1.03. The number of carboxylic acid groups (broad SMARTS) is 1. The molecule has 4 heterocycles. The third-order valence-corrected chi connectivity index (χ3v) is 8.29. The molecule has 0 radical (unpaired) electrons. The number of likely N-dealkylation sites (tertiary alicyclic amines) is 1. The van der Waals surface area contributed by atoms with E-state index in [-0.39, 0.29) is 22.1 Å². The van der Waals surface area contributed by atoms with Crippen molar-refractivity contribution in [2.24, 2.45) is 15.5 Å². The molecule has 2 N–H and O–H groups in total. The number of halogens is 5. The second-order valence-corrected chi connectivity index (χ2v) is 11.9. The number of carbonyl (C=O) groups is 3. The van der Waals surface area contributed by atoms with Crippen LogP contribution < -0.4 is 5.32 Å². The smallest absolute Gasteiger partial charge is 0.338 e. The topological polar surface area (TPSA) is 137 Å². The molecule has 1 aromatic heterocycles. The summed E-state index contributed by atoms with van der Waals surface area (Å²) in [6, 6.07) is -2.95. The minimum absolute atomic E-state index is 0.00656. The lowest BCUT2D eigenvalue weighted by molar-refractivity contribution is -0.154. The van der Waals surface area contributed by atoms with Crippen LogP contribution in [0.5, 0.6) is 0 Å². The van der Waals surface area contributed by atoms with E-state index >= 15 is 13.2 Å². The molecule has 0 spiro atoms. The van der Waals surface area contributed by atoms with Gasteiger partial charge >= 0.3 is 11.9 Å². The van der Waals surface area contributed by atoms with Gasteiger partial charge in [0.1, 0.15) is 12.1 Å². The molecule has 5 rings (SSSR count). The predicted octanol–water partition coefficient (Wildman–Crippen LogP) is 3.10. The van der Waals surface area contributed by atoms with Crippen molar-refractivity contribution in [1.29, 1.82) is 0 Å². The summed E-state index contributed by atoms with van der Waals surface area (Å²) in [5.41, 5.74) is -2.47. The first-order valence-electron chi connectivity index (χ1n) is 13.1. The molecule has 1 saturated heterocycles. The maximum Gasteiger partial charge on any atom is 0.338 e. The van der Waals surface area contributed by atoms with Crippen LogP contribution in [0.25, 0.3) is 0 Å². The number of methoxy groups -OCH3 is 1. The van der Waals surface area contributed by atoms with Gasteiger partial charge in [-0.3, -0.25) is 19.5 Å². The van der Waals surface area contributed by atoms with Crippen LogP contribution in [-0.4, -0.2) is 88.1 Å². The Morgan fingerprint density at radius 2 is 1.93 bits per heavy atom. The summed E-state index contributed by atoms with van der Waals surface area (Å²) < 4.78 is 79.0. The van der Waals surface area contributed by atoms with Gasteiger partial charge < -0.3 is 15.2 Å². The Labute approximate surface area is 250 Å². The zero-order valence-electron chi connectivity index (χ0n) is 23.4. The zero-order valence-corrected chi connectivity index (χ0v) is 24.2. The molecule has 3 atom stereocenters. The maximum absolute atomic E-state index is 15.5. The number of aliphatic imine (C=N–C) groups is 1. The van der Waals surface area contributed by atoms with Crippen LogP contribution in [0.2, 0.25) is 0 Å². The van der Waals surface area contributed by atoms with E-state index in [2.05, 4.69) is 20.4 Å². The number of nitrogens with zero attached hydrogens (tertiary/aromatic N) is 5. The highest BCUT2D eigenvalue weighted by atomic mass is 32.1. The fourth-order valence-electron chi connectivity index (χ4n) is 5.25. The molecule has 2 aromatic rings. The molecule has 0 aliphatic carbocycles. The van der Waals surface area contributed by atoms with Gasteiger partial charge in [-0.15, -0.1) is 11.3 Å². The minimum atomic E-state index is -3.53. The minimum Gasteiger partial charge on any atom is -0.481 e. The SMILES string of the molecule is COC(=O)C1=C(CN2CC(F)(F)C3C2C=NN3C(=O)CC(C)(C)C(=O)O)NC(c2nccs2)=NC1c1ccc(F)c(F)c1F. The number of hydrazone groups is 1. The summed E-state index contributed by atoms with van der Waals surface area (Å²) in [6.07, 6.45) is 1.97. The normalized spacial score (nSPS) is 23.0. The second kappa shape index (κ2) is 11.4. The van der Waals surface area contributed by atoms with Gasteiger partial charge in [0.25, 0.3) is 5.92 Å². The Morgan fingerprint density at radius 3 is 2.57 bits per heavy atom. The molecule has 17 heteroatoms. The monoisotopic (exact) mass is 640 g/mol. The summed E-state index contributed by atoms with van der Waals surface area (Å²) >= 11 is 1.11. The average molecular weight is 641 g/mol. The molecule has 0 bridgehead atoms. The number of amidine groups is 1. The number of ether oxygens (including phenoxy) is 1. The Balaban J connectivity index is 1.53. The van der Waals surface area contributed by atoms with Crippen molar-refractivity contribution in [3.05, 3.63) is 63.0 Å². The number of hydrogen-bond donors (Lipinski definition) is 2. The number of nitrogens with one attached hydrogen (secondary N) is 1. The first-order chi connectivity index (χ1) is 20.7. The molecule has 3 unspecified atom stereocenters. The molecular formula is C27H25F5N6O5S. The molecule has 44 heavy (non-hydrogen) atoms. The molecule has 3 aliphatic rings. The van der Waals surface area contributed by atoms with Crippen molar-refractivity contribution in [3.8, 4) is 0 Å². The van der Waals surface area contributed by atoms with Crippen LogP contribution in [0.1, 0.15) is 36.9 Å². The molecule has 0 saturated carbocycles. The van der Waals surface area contributed by atoms with E-state index in [1.54, 1.807) is 5.38 Å². The van der Waals surface area contributed by atoms with E-state index in [0.717, 1.165) is 30.7 Å². The summed E-state index contributed by atoms with van der Waals surface area (Å²) in [5, 5.41) is 18.6. The Kier molecular flexibility index (Phi) is 8.04. The second-order valence-electron chi connectivity index (χ2n) is 11.0. The first-order valence-corrected chi connectivity index (χ1v) is 13.9. The fourth-order valence-corrected chi connectivity index (χ4v) is 5.83. The first kappa shape index (κ1) is 31.2. The van der Waals surface area contributed by atoms with Crippen LogP contribution in [0, 0.1) is 22.9 Å². The van der Waals surface area contributed by atoms with E-state index in [1.807, 2.05) is 0 Å². The standard InChI is InChI=1S/C27H25F5N6O5S/c1-26(2,25(41)42)8-16(39)38-21-15(9-34-38)37(11-27(21,31)32)10-14-17(24(40)43-3)20(12-4-5-13(28)19(30)18(12)29)36-22(35-14)23-33-6-7-44-23/h4-7,9,15,20-21H,8,10-11H2,1-3H3,(H,35,36)(H,41,42). The van der Waals surface area contributed by atoms with Gasteiger partial charge in [0.15, 0.2) is 28.3 Å². The Bertz CT molecular complexity index is 1610. The highest BCUT2D eigenvalue weighted by Gasteiger charge is 2.60. The van der Waals surface area contributed by atoms with Crippen LogP contribution in [0.4, 0.5) is 22.0 Å². The lowest BCUT2D eigenvalue weighted by Gasteiger charge is -2.30.